The van der Waals surface area contributed by atoms with Crippen LogP contribution < -0.4 is 10.4 Å². The van der Waals surface area contributed by atoms with Gasteiger partial charge in [-0.05, 0) is 24.3 Å². The average Bonchev–Trinajstić information content (AvgIpc) is 3.30. The first kappa shape index (κ1) is 21.4. The summed E-state index contributed by atoms with van der Waals surface area (Å²) in [6.07, 6.45) is 0. The molecule has 6 rings (SSSR count). The molecule has 0 aliphatic heterocycles. The summed E-state index contributed by atoms with van der Waals surface area (Å²) in [5.41, 5.74) is 5.27. The van der Waals surface area contributed by atoms with Crippen LogP contribution >= 0.6 is 0 Å². The van der Waals surface area contributed by atoms with E-state index in [1.165, 1.54) is 43.6 Å². The number of aromatic nitrogens is 2. The lowest BCUT2D eigenvalue weighted by Crippen LogP contribution is -2.69. The average molecular weight is 477 g/mol. The lowest BCUT2D eigenvalue weighted by molar-refractivity contribution is 1.01. The van der Waals surface area contributed by atoms with Crippen molar-refractivity contribution in [1.29, 1.82) is 0 Å². The van der Waals surface area contributed by atoms with E-state index in [9.17, 15) is 0 Å². The van der Waals surface area contributed by atoms with Crippen LogP contribution in [0.2, 0.25) is 26.2 Å². The van der Waals surface area contributed by atoms with Gasteiger partial charge >= 0.3 is 0 Å². The third-order valence-electron chi connectivity index (χ3n) is 8.83. The molecule has 0 N–H and O–H groups in total. The fourth-order valence-electron chi connectivity index (χ4n) is 5.84. The van der Waals surface area contributed by atoms with Crippen molar-refractivity contribution >= 4 is 69.2 Å². The molecule has 2 nitrogen and oxygen atoms in total. The lowest BCUT2D eigenvalue weighted by atomic mass is 10.1. The molecule has 0 aliphatic carbocycles. The number of hydrogen-bond acceptors (Lipinski definition) is 0. The summed E-state index contributed by atoms with van der Waals surface area (Å²) in [6, 6.07) is 32.2. The minimum atomic E-state index is -1.77. The number of hydrogen-bond donors (Lipinski definition) is 0. The van der Waals surface area contributed by atoms with Crippen LogP contribution in [0.4, 0.5) is 0 Å². The lowest BCUT2D eigenvalue weighted by Gasteiger charge is -2.39. The van der Waals surface area contributed by atoms with Crippen LogP contribution in [-0.4, -0.2) is 24.3 Å². The van der Waals surface area contributed by atoms with Crippen LogP contribution in [0.3, 0.4) is 0 Å². The molecule has 0 saturated heterocycles. The second kappa shape index (κ2) is 7.21. The van der Waals surface area contributed by atoms with Crippen LogP contribution in [0.5, 0.6) is 0 Å². The minimum Gasteiger partial charge on any atom is -0.344 e. The van der Waals surface area contributed by atoms with Gasteiger partial charge in [0.05, 0.1) is 15.2 Å². The largest absolute Gasteiger partial charge is 0.344 e. The van der Waals surface area contributed by atoms with Crippen molar-refractivity contribution in [2.45, 2.75) is 26.2 Å². The van der Waals surface area contributed by atoms with Gasteiger partial charge in [0, 0.05) is 57.7 Å². The summed E-state index contributed by atoms with van der Waals surface area (Å²) >= 11 is 0. The first-order valence-electron chi connectivity index (χ1n) is 12.2. The van der Waals surface area contributed by atoms with Gasteiger partial charge < -0.3 is 9.13 Å². The Hall–Kier alpha value is -3.09. The number of rotatable bonds is 3. The van der Waals surface area contributed by atoms with Crippen LogP contribution in [0.25, 0.3) is 43.6 Å². The monoisotopic (exact) mass is 476 g/mol. The zero-order valence-corrected chi connectivity index (χ0v) is 23.0. The van der Waals surface area contributed by atoms with E-state index in [1.54, 1.807) is 10.4 Å². The van der Waals surface area contributed by atoms with Crippen molar-refractivity contribution in [1.82, 2.24) is 9.13 Å². The number of aryl methyl sites for hydroxylation is 2. The highest BCUT2D eigenvalue weighted by atomic mass is 29.3. The molecule has 6 aromatic rings. The Balaban J connectivity index is 1.52. The molecule has 0 aliphatic rings. The van der Waals surface area contributed by atoms with E-state index in [-0.39, 0.29) is 0 Å². The summed E-state index contributed by atoms with van der Waals surface area (Å²) in [5.74, 6) is 0. The molecule has 0 bridgehead atoms. The van der Waals surface area contributed by atoms with Crippen LogP contribution in [0.1, 0.15) is 0 Å². The topological polar surface area (TPSA) is 9.86 Å². The van der Waals surface area contributed by atoms with Crippen molar-refractivity contribution in [2.75, 3.05) is 0 Å². The van der Waals surface area contributed by atoms with Crippen molar-refractivity contribution in [2.24, 2.45) is 14.1 Å². The highest BCUT2D eigenvalue weighted by molar-refractivity contribution is 7.50. The molecule has 2 aromatic heterocycles. The summed E-state index contributed by atoms with van der Waals surface area (Å²) < 4.78 is 4.67. The van der Waals surface area contributed by atoms with E-state index in [2.05, 4.69) is 134 Å². The van der Waals surface area contributed by atoms with Crippen molar-refractivity contribution in [3.8, 4) is 0 Å². The first-order chi connectivity index (χ1) is 16.2. The Morgan fingerprint density at radius 2 is 0.794 bits per heavy atom. The molecule has 0 radical (unpaired) electrons. The molecule has 170 valence electrons. The summed E-state index contributed by atoms with van der Waals surface area (Å²) in [4.78, 5) is 0. The summed E-state index contributed by atoms with van der Waals surface area (Å²) in [5, 5.41) is 8.67. The van der Waals surface area contributed by atoms with E-state index in [1.807, 2.05) is 0 Å². The third kappa shape index (κ3) is 2.79. The zero-order valence-electron chi connectivity index (χ0n) is 21.0. The van der Waals surface area contributed by atoms with E-state index in [0.29, 0.717) is 0 Å². The van der Waals surface area contributed by atoms with Gasteiger partial charge in [-0.2, -0.15) is 0 Å². The van der Waals surface area contributed by atoms with Gasteiger partial charge in [0.25, 0.3) is 0 Å². The van der Waals surface area contributed by atoms with Crippen molar-refractivity contribution in [3.63, 3.8) is 0 Å². The Labute approximate surface area is 203 Å². The molecule has 0 saturated carbocycles. The van der Waals surface area contributed by atoms with E-state index >= 15 is 0 Å². The zero-order chi connectivity index (χ0) is 23.8. The van der Waals surface area contributed by atoms with Gasteiger partial charge in [-0.25, -0.2) is 0 Å². The SMILES string of the molecule is Cn1c2ccccc2c2cc([Si](C)(C)[Si](C)(C)c3ccc4c(c3)c3ccccc3n4C)ccc21. The highest BCUT2D eigenvalue weighted by Crippen LogP contribution is 2.31. The van der Waals surface area contributed by atoms with Crippen LogP contribution in [0, 0.1) is 0 Å². The fourth-order valence-corrected chi connectivity index (χ4v) is 14.6. The third-order valence-corrected chi connectivity index (χ3v) is 26.6. The molecule has 0 spiro atoms. The molecule has 2 heterocycles. The van der Waals surface area contributed by atoms with E-state index < -0.39 is 15.2 Å². The molecule has 0 amide bonds. The standard InChI is InChI=1S/C30H32N2Si2/c1-31-27-13-9-7-11-23(27)25-19-21(15-17-29(25)31)33(3,4)34(5,6)22-16-18-30-26(20-22)24-12-8-10-14-28(24)32(30)2/h7-20H,1-6H3. The van der Waals surface area contributed by atoms with Gasteiger partial charge in [0.15, 0.2) is 0 Å². The Morgan fingerprint density at radius 3 is 1.21 bits per heavy atom. The molecule has 4 aromatic carbocycles. The molecule has 34 heavy (non-hydrogen) atoms. The number of benzene rings is 4. The van der Waals surface area contributed by atoms with Gasteiger partial charge in [-0.1, -0.05) is 97.2 Å². The van der Waals surface area contributed by atoms with Gasteiger partial charge in [-0.15, -0.1) is 0 Å². The van der Waals surface area contributed by atoms with Gasteiger partial charge in [0.2, 0.25) is 0 Å². The van der Waals surface area contributed by atoms with Gasteiger partial charge in [-0.3, -0.25) is 0 Å². The van der Waals surface area contributed by atoms with E-state index in [4.69, 9.17) is 0 Å². The Morgan fingerprint density at radius 1 is 0.441 bits per heavy atom. The van der Waals surface area contributed by atoms with E-state index in [0.717, 1.165) is 0 Å². The normalized spacial score (nSPS) is 13.0. The van der Waals surface area contributed by atoms with Crippen LogP contribution in [-0.2, 0) is 14.1 Å². The van der Waals surface area contributed by atoms with Crippen LogP contribution in [0.15, 0.2) is 84.9 Å². The first-order valence-corrected chi connectivity index (χ1v) is 19.2. The molecule has 0 atom stereocenters. The van der Waals surface area contributed by atoms with Crippen molar-refractivity contribution in [3.05, 3.63) is 84.9 Å². The molecule has 0 fully saturated rings. The molecule has 4 heteroatoms. The summed E-state index contributed by atoms with van der Waals surface area (Å²) in [6.45, 7) is 10.4. The van der Waals surface area contributed by atoms with Gasteiger partial charge in [0.1, 0.15) is 0 Å². The number of para-hydroxylation sites is 2. The molecule has 0 unspecified atom stereocenters. The quantitative estimate of drug-likeness (QED) is 0.255. The molecular weight excluding hydrogens is 445 g/mol. The highest BCUT2D eigenvalue weighted by Gasteiger charge is 2.44. The fraction of sp³-hybridized carbons (Fsp3) is 0.200. The maximum atomic E-state index is 2.60. The number of fused-ring (bicyclic) bond motifs is 6. The Kier molecular flexibility index (Phi) is 4.55. The molecular formula is C30H32N2Si2. The number of nitrogens with zero attached hydrogens (tertiary/aromatic N) is 2. The predicted octanol–water partition coefficient (Wildman–Crippen LogP) is 6.59. The summed E-state index contributed by atoms with van der Waals surface area (Å²) in [7, 11) is 0.834. The maximum absolute atomic E-state index is 2.60. The second-order valence-electron chi connectivity index (χ2n) is 10.9. The smallest absolute Gasteiger partial charge is 0.0791 e. The second-order valence-corrected chi connectivity index (χ2v) is 26.0. The Bertz CT molecular complexity index is 1600. The van der Waals surface area contributed by atoms with Crippen molar-refractivity contribution < 1.29 is 0 Å². The maximum Gasteiger partial charge on any atom is 0.0791 e. The predicted molar refractivity (Wildman–Crippen MR) is 155 cm³/mol. The minimum absolute atomic E-state index is 1.31.